The molecule has 0 aromatic heterocycles. The van der Waals surface area contributed by atoms with E-state index in [1.165, 1.54) is 0 Å². The fourth-order valence-corrected chi connectivity index (χ4v) is 3.26. The van der Waals surface area contributed by atoms with Gasteiger partial charge in [-0.2, -0.15) is 0 Å². The van der Waals surface area contributed by atoms with Gasteiger partial charge in [-0.25, -0.2) is 4.79 Å². The number of carbonyl (C=O) groups excluding carboxylic acids is 1. The van der Waals surface area contributed by atoms with Gasteiger partial charge in [0.25, 0.3) is 0 Å². The van der Waals surface area contributed by atoms with Gasteiger partial charge in [-0.15, -0.1) is 0 Å². The highest BCUT2D eigenvalue weighted by molar-refractivity contribution is 6.31. The number of hydrogen-bond acceptors (Lipinski definition) is 3. The quantitative estimate of drug-likeness (QED) is 0.893. The molecule has 2 aromatic rings. The van der Waals surface area contributed by atoms with Crippen molar-refractivity contribution in [2.45, 2.75) is 31.9 Å². The number of benzene rings is 2. The Morgan fingerprint density at radius 1 is 1.20 bits per heavy atom. The summed E-state index contributed by atoms with van der Waals surface area (Å²) in [5, 5.41) is 0.745. The van der Waals surface area contributed by atoms with E-state index in [0.29, 0.717) is 32.5 Å². The van der Waals surface area contributed by atoms with Gasteiger partial charge in [0.2, 0.25) is 0 Å². The second-order valence-corrected chi connectivity index (χ2v) is 7.05. The third-order valence-corrected chi connectivity index (χ3v) is 5.28. The third-order valence-electron chi connectivity index (χ3n) is 4.85. The predicted molar refractivity (Wildman–Crippen MR) is 99.5 cm³/mol. The molecule has 132 valence electrons. The first kappa shape index (κ1) is 17.8. The summed E-state index contributed by atoms with van der Waals surface area (Å²) in [6.07, 6.45) is 1.13. The number of carbonyl (C=O) groups is 1. The second-order valence-electron chi connectivity index (χ2n) is 6.65. The summed E-state index contributed by atoms with van der Waals surface area (Å²) in [5.74, 6) is 0. The molecule has 0 spiro atoms. The Balaban J connectivity index is 1.57. The van der Waals surface area contributed by atoms with Crippen LogP contribution in [0, 0.1) is 6.92 Å². The summed E-state index contributed by atoms with van der Waals surface area (Å²) >= 11 is 6.10. The van der Waals surface area contributed by atoms with Crippen LogP contribution in [-0.4, -0.2) is 24.1 Å². The summed E-state index contributed by atoms with van der Waals surface area (Å²) in [5.41, 5.74) is 9.26. The molecule has 1 aliphatic heterocycles. The van der Waals surface area contributed by atoms with E-state index in [-0.39, 0.29) is 6.09 Å². The number of rotatable bonds is 3. The lowest BCUT2D eigenvalue weighted by Crippen LogP contribution is -2.49. The average Bonchev–Trinajstić information content (AvgIpc) is 2.63. The van der Waals surface area contributed by atoms with E-state index in [0.717, 1.165) is 21.7 Å². The first-order valence-electron chi connectivity index (χ1n) is 8.49. The highest BCUT2D eigenvalue weighted by atomic mass is 35.5. The fourth-order valence-electron chi connectivity index (χ4n) is 3.14. The highest BCUT2D eigenvalue weighted by Gasteiger charge is 2.34. The average molecular weight is 359 g/mol. The van der Waals surface area contributed by atoms with Crippen molar-refractivity contribution in [3.05, 3.63) is 70.2 Å². The molecule has 1 aliphatic rings. The van der Waals surface area contributed by atoms with Crippen LogP contribution in [-0.2, 0) is 16.9 Å². The Labute approximate surface area is 153 Å². The lowest BCUT2D eigenvalue weighted by Gasteiger charge is -2.39. The maximum atomic E-state index is 12.3. The molecule has 3 rings (SSSR count). The smallest absolute Gasteiger partial charge is 0.410 e. The van der Waals surface area contributed by atoms with Crippen LogP contribution in [0.15, 0.2) is 48.5 Å². The van der Waals surface area contributed by atoms with Crippen molar-refractivity contribution < 1.29 is 9.53 Å². The molecule has 0 atom stereocenters. The minimum Gasteiger partial charge on any atom is -0.445 e. The summed E-state index contributed by atoms with van der Waals surface area (Å²) in [6, 6.07) is 15.6. The van der Waals surface area contributed by atoms with E-state index in [2.05, 4.69) is 0 Å². The van der Waals surface area contributed by atoms with Crippen LogP contribution >= 0.6 is 11.6 Å². The number of hydrogen-bond donors (Lipinski definition) is 1. The number of nitrogens with two attached hydrogens (primary N) is 1. The molecule has 0 aliphatic carbocycles. The minimum atomic E-state index is -0.425. The SMILES string of the molecule is Cc1cc(C2(N)CCN(C(=O)OCc3ccccc3)CC2)ccc1Cl. The van der Waals surface area contributed by atoms with Crippen molar-refractivity contribution in [3.63, 3.8) is 0 Å². The Morgan fingerprint density at radius 2 is 1.88 bits per heavy atom. The van der Waals surface area contributed by atoms with Crippen LogP contribution in [0.2, 0.25) is 5.02 Å². The summed E-state index contributed by atoms with van der Waals surface area (Å²) in [6.45, 7) is 3.45. The van der Waals surface area contributed by atoms with Crippen LogP contribution in [0.25, 0.3) is 0 Å². The normalized spacial score (nSPS) is 16.5. The van der Waals surface area contributed by atoms with Crippen LogP contribution < -0.4 is 5.73 Å². The van der Waals surface area contributed by atoms with Gasteiger partial charge in [0.05, 0.1) is 0 Å². The zero-order valence-electron chi connectivity index (χ0n) is 14.4. The molecule has 0 radical (unpaired) electrons. The molecule has 2 N–H and O–H groups in total. The van der Waals surface area contributed by atoms with Gasteiger partial charge in [-0.05, 0) is 42.5 Å². The molecule has 4 nitrogen and oxygen atoms in total. The molecule has 0 bridgehead atoms. The number of halogens is 1. The largest absolute Gasteiger partial charge is 0.445 e. The summed E-state index contributed by atoms with van der Waals surface area (Å²) < 4.78 is 5.41. The van der Waals surface area contributed by atoms with Crippen LogP contribution in [0.3, 0.4) is 0 Å². The van der Waals surface area contributed by atoms with Gasteiger partial charge in [0, 0.05) is 23.7 Å². The number of piperidine rings is 1. The van der Waals surface area contributed by atoms with Crippen LogP contribution in [0.1, 0.15) is 29.5 Å². The highest BCUT2D eigenvalue weighted by Crippen LogP contribution is 2.32. The first-order chi connectivity index (χ1) is 12.0. The predicted octanol–water partition coefficient (Wildman–Crippen LogP) is 4.24. The van der Waals surface area contributed by atoms with E-state index in [4.69, 9.17) is 22.1 Å². The van der Waals surface area contributed by atoms with Gasteiger partial charge < -0.3 is 15.4 Å². The zero-order chi connectivity index (χ0) is 17.9. The number of ether oxygens (including phenoxy) is 1. The Bertz CT molecular complexity index is 741. The zero-order valence-corrected chi connectivity index (χ0v) is 15.1. The minimum absolute atomic E-state index is 0.279. The topological polar surface area (TPSA) is 55.6 Å². The molecule has 1 fully saturated rings. The maximum absolute atomic E-state index is 12.3. The number of likely N-dealkylation sites (tertiary alicyclic amines) is 1. The van der Waals surface area contributed by atoms with E-state index >= 15 is 0 Å². The van der Waals surface area contributed by atoms with Gasteiger partial charge in [-0.3, -0.25) is 0 Å². The Morgan fingerprint density at radius 3 is 2.52 bits per heavy atom. The molecular formula is C20H23ClN2O2. The number of nitrogens with zero attached hydrogens (tertiary/aromatic N) is 1. The molecule has 0 saturated carbocycles. The standard InChI is InChI=1S/C20H23ClN2O2/c1-15-13-17(7-8-18(15)21)20(22)9-11-23(12-10-20)19(24)25-14-16-5-3-2-4-6-16/h2-8,13H,9-12,14,22H2,1H3. The monoisotopic (exact) mass is 358 g/mol. The number of amides is 1. The molecule has 1 saturated heterocycles. The Kier molecular flexibility index (Phi) is 5.30. The van der Waals surface area contributed by atoms with Crippen molar-refractivity contribution >= 4 is 17.7 Å². The van der Waals surface area contributed by atoms with E-state index < -0.39 is 5.54 Å². The summed E-state index contributed by atoms with van der Waals surface area (Å²) in [4.78, 5) is 14.0. The third kappa shape index (κ3) is 4.14. The number of aryl methyl sites for hydroxylation is 1. The molecule has 25 heavy (non-hydrogen) atoms. The lowest BCUT2D eigenvalue weighted by molar-refractivity contribution is 0.0779. The van der Waals surface area contributed by atoms with Crippen LogP contribution in [0.5, 0.6) is 0 Å². The van der Waals surface area contributed by atoms with Gasteiger partial charge in [-0.1, -0.05) is 54.1 Å². The molecule has 1 heterocycles. The second kappa shape index (κ2) is 7.46. The summed E-state index contributed by atoms with van der Waals surface area (Å²) in [7, 11) is 0. The maximum Gasteiger partial charge on any atom is 0.410 e. The van der Waals surface area contributed by atoms with Gasteiger partial charge in [0.1, 0.15) is 6.61 Å². The van der Waals surface area contributed by atoms with Gasteiger partial charge in [0.15, 0.2) is 0 Å². The fraction of sp³-hybridized carbons (Fsp3) is 0.350. The van der Waals surface area contributed by atoms with E-state index in [1.54, 1.807) is 4.90 Å². The van der Waals surface area contributed by atoms with Crippen LogP contribution in [0.4, 0.5) is 4.79 Å². The van der Waals surface area contributed by atoms with Crippen molar-refractivity contribution in [1.82, 2.24) is 4.90 Å². The van der Waals surface area contributed by atoms with Crippen molar-refractivity contribution in [3.8, 4) is 0 Å². The molecule has 1 amide bonds. The van der Waals surface area contributed by atoms with E-state index in [1.807, 2.05) is 55.5 Å². The molecule has 2 aromatic carbocycles. The Hall–Kier alpha value is -2.04. The van der Waals surface area contributed by atoms with Crippen molar-refractivity contribution in [2.24, 2.45) is 5.73 Å². The molecular weight excluding hydrogens is 336 g/mol. The molecule has 5 heteroatoms. The molecule has 0 unspecified atom stereocenters. The first-order valence-corrected chi connectivity index (χ1v) is 8.87. The van der Waals surface area contributed by atoms with Crippen molar-refractivity contribution in [1.29, 1.82) is 0 Å². The van der Waals surface area contributed by atoms with Crippen molar-refractivity contribution in [2.75, 3.05) is 13.1 Å². The lowest BCUT2D eigenvalue weighted by atomic mass is 9.81. The van der Waals surface area contributed by atoms with E-state index in [9.17, 15) is 4.79 Å². The van der Waals surface area contributed by atoms with Gasteiger partial charge >= 0.3 is 6.09 Å².